The molecule has 0 radical (unpaired) electrons. The summed E-state index contributed by atoms with van der Waals surface area (Å²) < 4.78 is 6.83. The second-order valence-corrected chi connectivity index (χ2v) is 5.95. The van der Waals surface area contributed by atoms with Gasteiger partial charge in [-0.15, -0.1) is 0 Å². The van der Waals surface area contributed by atoms with E-state index in [2.05, 4.69) is 22.1 Å². The lowest BCUT2D eigenvalue weighted by Gasteiger charge is -2.34. The molecule has 2 rings (SSSR count). The van der Waals surface area contributed by atoms with Crippen molar-refractivity contribution in [3.05, 3.63) is 22.7 Å². The van der Waals surface area contributed by atoms with Crippen LogP contribution in [0.2, 0.25) is 0 Å². The molecule has 0 unspecified atom stereocenters. The molecule has 1 aliphatic rings. The molecular weight excluding hydrogens is 280 g/mol. The number of hydrogen-bond acceptors (Lipinski definition) is 5. The fourth-order valence-corrected chi connectivity index (χ4v) is 2.94. The molecule has 6 nitrogen and oxygen atoms in total. The van der Waals surface area contributed by atoms with E-state index in [1.54, 1.807) is 24.1 Å². The maximum Gasteiger partial charge on any atom is 0.293 e. The highest BCUT2D eigenvalue weighted by atomic mass is 16.5. The molecule has 1 aromatic heterocycles. The van der Waals surface area contributed by atoms with Gasteiger partial charge in [-0.3, -0.25) is 4.79 Å². The minimum atomic E-state index is 0.0184. The fourth-order valence-electron chi connectivity index (χ4n) is 2.94. The molecule has 0 aliphatic carbocycles. The third-order valence-corrected chi connectivity index (χ3v) is 4.31. The highest BCUT2D eigenvalue weighted by molar-refractivity contribution is 5.36. The molecular formula is C16H28N4O2. The summed E-state index contributed by atoms with van der Waals surface area (Å²) in [5.74, 6) is 0.593. The molecule has 0 saturated carbocycles. The van der Waals surface area contributed by atoms with Crippen molar-refractivity contribution in [2.45, 2.75) is 51.7 Å². The van der Waals surface area contributed by atoms with Gasteiger partial charge in [-0.05, 0) is 33.1 Å². The molecule has 1 saturated heterocycles. The van der Waals surface area contributed by atoms with Crippen molar-refractivity contribution >= 4 is 5.82 Å². The van der Waals surface area contributed by atoms with Gasteiger partial charge in [-0.2, -0.15) is 0 Å². The van der Waals surface area contributed by atoms with Gasteiger partial charge in [0.1, 0.15) is 0 Å². The third kappa shape index (κ3) is 4.30. The van der Waals surface area contributed by atoms with Gasteiger partial charge < -0.3 is 19.5 Å². The van der Waals surface area contributed by atoms with E-state index in [9.17, 15) is 4.79 Å². The molecule has 1 N–H and O–H groups in total. The van der Waals surface area contributed by atoms with Crippen LogP contribution in [0.1, 0.15) is 33.1 Å². The normalized spacial score (nSPS) is 17.7. The van der Waals surface area contributed by atoms with Crippen LogP contribution in [-0.2, 0) is 11.3 Å². The molecule has 6 heteroatoms. The Morgan fingerprint density at radius 1 is 1.45 bits per heavy atom. The summed E-state index contributed by atoms with van der Waals surface area (Å²) in [5.41, 5.74) is 0.0184. The van der Waals surface area contributed by atoms with Crippen molar-refractivity contribution in [1.29, 1.82) is 0 Å². The molecule has 2 heterocycles. The van der Waals surface area contributed by atoms with Gasteiger partial charge >= 0.3 is 0 Å². The zero-order valence-electron chi connectivity index (χ0n) is 13.9. The molecule has 22 heavy (non-hydrogen) atoms. The summed E-state index contributed by atoms with van der Waals surface area (Å²) in [6, 6.07) is 0.976. The number of piperidine rings is 1. The number of ether oxygens (including phenoxy) is 1. The highest BCUT2D eigenvalue weighted by Gasteiger charge is 2.23. The number of aryl methyl sites for hydroxylation is 1. The van der Waals surface area contributed by atoms with Crippen LogP contribution in [-0.4, -0.2) is 48.4 Å². The van der Waals surface area contributed by atoms with Crippen LogP contribution < -0.4 is 15.8 Å². The number of nitrogens with zero attached hydrogens (tertiary/aromatic N) is 3. The molecule has 0 amide bonds. The summed E-state index contributed by atoms with van der Waals surface area (Å²) >= 11 is 0. The first-order valence-electron chi connectivity index (χ1n) is 8.21. The van der Waals surface area contributed by atoms with Crippen molar-refractivity contribution in [2.75, 3.05) is 31.7 Å². The standard InChI is InChI=1S/C16H28N4O2/c1-4-19-11-8-17-15(16(19)21)20-9-5-14(6-10-20)18-13(2)7-12-22-3/h8,11,13-14,18H,4-7,9-10,12H2,1-3H3/t13-/m0/s1. The highest BCUT2D eigenvalue weighted by Crippen LogP contribution is 2.15. The van der Waals surface area contributed by atoms with Crippen molar-refractivity contribution in [2.24, 2.45) is 0 Å². The zero-order valence-corrected chi connectivity index (χ0v) is 13.9. The van der Waals surface area contributed by atoms with Crippen molar-refractivity contribution in [3.63, 3.8) is 0 Å². The molecule has 1 aromatic rings. The number of rotatable bonds is 7. The van der Waals surface area contributed by atoms with Crippen LogP contribution in [0.15, 0.2) is 17.2 Å². The number of hydrogen-bond donors (Lipinski definition) is 1. The molecule has 0 bridgehead atoms. The zero-order chi connectivity index (χ0) is 15.9. The minimum absolute atomic E-state index is 0.0184. The SMILES string of the molecule is CCn1ccnc(N2CCC(N[C@@H](C)CCOC)CC2)c1=O. The number of anilines is 1. The Hall–Kier alpha value is -1.40. The van der Waals surface area contributed by atoms with Gasteiger partial charge in [0.05, 0.1) is 0 Å². The van der Waals surface area contributed by atoms with Crippen LogP contribution in [0.5, 0.6) is 0 Å². The summed E-state index contributed by atoms with van der Waals surface area (Å²) in [7, 11) is 1.74. The van der Waals surface area contributed by atoms with Crippen LogP contribution in [0.25, 0.3) is 0 Å². The van der Waals surface area contributed by atoms with Gasteiger partial charge in [0.25, 0.3) is 5.56 Å². The smallest absolute Gasteiger partial charge is 0.293 e. The first-order valence-corrected chi connectivity index (χ1v) is 8.21. The average molecular weight is 308 g/mol. The molecule has 1 aliphatic heterocycles. The number of aromatic nitrogens is 2. The number of nitrogens with one attached hydrogen (secondary N) is 1. The predicted molar refractivity (Wildman–Crippen MR) is 88.5 cm³/mol. The van der Waals surface area contributed by atoms with E-state index >= 15 is 0 Å². The van der Waals surface area contributed by atoms with Crippen LogP contribution in [0.3, 0.4) is 0 Å². The van der Waals surface area contributed by atoms with Crippen molar-refractivity contribution < 1.29 is 4.74 Å². The lowest BCUT2D eigenvalue weighted by molar-refractivity contribution is 0.181. The summed E-state index contributed by atoms with van der Waals surface area (Å²) in [5, 5.41) is 3.65. The molecule has 124 valence electrons. The predicted octanol–water partition coefficient (Wildman–Crippen LogP) is 1.25. The summed E-state index contributed by atoms with van der Waals surface area (Å²) in [6.07, 6.45) is 6.58. The Kier molecular flexibility index (Phi) is 6.39. The van der Waals surface area contributed by atoms with E-state index < -0.39 is 0 Å². The summed E-state index contributed by atoms with van der Waals surface area (Å²) in [4.78, 5) is 18.7. The maximum atomic E-state index is 12.3. The molecule has 1 fully saturated rings. The van der Waals surface area contributed by atoms with E-state index in [0.29, 0.717) is 24.4 Å². The Morgan fingerprint density at radius 2 is 2.18 bits per heavy atom. The van der Waals surface area contributed by atoms with E-state index in [4.69, 9.17) is 4.74 Å². The average Bonchev–Trinajstić information content (AvgIpc) is 2.54. The summed E-state index contributed by atoms with van der Waals surface area (Å²) in [6.45, 7) is 7.41. The second-order valence-electron chi connectivity index (χ2n) is 5.95. The van der Waals surface area contributed by atoms with E-state index in [-0.39, 0.29) is 5.56 Å². The Balaban J connectivity index is 1.88. The fraction of sp³-hybridized carbons (Fsp3) is 0.750. The molecule has 0 aromatic carbocycles. The van der Waals surface area contributed by atoms with Gasteiger partial charge in [-0.1, -0.05) is 0 Å². The van der Waals surface area contributed by atoms with Crippen molar-refractivity contribution in [3.8, 4) is 0 Å². The minimum Gasteiger partial charge on any atom is -0.385 e. The lowest BCUT2D eigenvalue weighted by atomic mass is 10.0. The monoisotopic (exact) mass is 308 g/mol. The third-order valence-electron chi connectivity index (χ3n) is 4.31. The quantitative estimate of drug-likeness (QED) is 0.821. The Bertz CT molecular complexity index is 509. The first-order chi connectivity index (χ1) is 10.7. The van der Waals surface area contributed by atoms with Crippen LogP contribution in [0, 0.1) is 0 Å². The largest absolute Gasteiger partial charge is 0.385 e. The second kappa shape index (κ2) is 8.29. The van der Waals surface area contributed by atoms with Crippen molar-refractivity contribution in [1.82, 2.24) is 14.9 Å². The Labute approximate surface area is 132 Å². The van der Waals surface area contributed by atoms with Crippen LogP contribution >= 0.6 is 0 Å². The molecule has 1 atom stereocenters. The number of methoxy groups -OCH3 is 1. The first kappa shape index (κ1) is 17.0. The maximum absolute atomic E-state index is 12.3. The van der Waals surface area contributed by atoms with E-state index in [1.807, 2.05) is 6.92 Å². The topological polar surface area (TPSA) is 59.4 Å². The van der Waals surface area contributed by atoms with Gasteiger partial charge in [0.15, 0.2) is 5.82 Å². The van der Waals surface area contributed by atoms with E-state index in [1.165, 1.54) is 0 Å². The molecule has 0 spiro atoms. The van der Waals surface area contributed by atoms with E-state index in [0.717, 1.165) is 39.0 Å². The lowest BCUT2D eigenvalue weighted by Crippen LogP contribution is -2.47. The van der Waals surface area contributed by atoms with Gasteiger partial charge in [0.2, 0.25) is 0 Å². The Morgan fingerprint density at radius 3 is 2.82 bits per heavy atom. The van der Waals surface area contributed by atoms with Gasteiger partial charge in [0, 0.05) is 57.8 Å². The van der Waals surface area contributed by atoms with Gasteiger partial charge in [-0.25, -0.2) is 4.98 Å². The van der Waals surface area contributed by atoms with Crippen LogP contribution in [0.4, 0.5) is 5.82 Å².